The van der Waals surface area contributed by atoms with Gasteiger partial charge in [0.25, 0.3) is 15.9 Å². The van der Waals surface area contributed by atoms with Crippen molar-refractivity contribution in [1.82, 2.24) is 15.3 Å². The van der Waals surface area contributed by atoms with Crippen LogP contribution in [0.2, 0.25) is 0 Å². The predicted molar refractivity (Wildman–Crippen MR) is 148 cm³/mol. The Morgan fingerprint density at radius 1 is 1.08 bits per heavy atom. The summed E-state index contributed by atoms with van der Waals surface area (Å²) in [5.74, 6) is -0.278. The van der Waals surface area contributed by atoms with Gasteiger partial charge in [-0.1, -0.05) is 41.6 Å². The Kier molecular flexibility index (Phi) is 7.00. The fourth-order valence-electron chi connectivity index (χ4n) is 3.53. The van der Waals surface area contributed by atoms with E-state index in [4.69, 9.17) is 5.73 Å². The molecule has 4 aromatic rings. The van der Waals surface area contributed by atoms with E-state index in [1.807, 2.05) is 40.0 Å². The van der Waals surface area contributed by atoms with Crippen molar-refractivity contribution in [2.45, 2.75) is 43.3 Å². The van der Waals surface area contributed by atoms with Gasteiger partial charge in [-0.2, -0.15) is 0 Å². The number of amides is 1. The lowest BCUT2D eigenvalue weighted by molar-refractivity contribution is 0.0924. The van der Waals surface area contributed by atoms with Crippen LogP contribution in [0.3, 0.4) is 0 Å². The Morgan fingerprint density at radius 2 is 1.78 bits per heavy atom. The van der Waals surface area contributed by atoms with Gasteiger partial charge in [-0.25, -0.2) is 18.4 Å². The number of nitrogen functional groups attached to an aromatic ring is 1. The van der Waals surface area contributed by atoms with E-state index in [1.54, 1.807) is 42.5 Å². The molecule has 0 saturated carbocycles. The van der Waals surface area contributed by atoms with Crippen LogP contribution in [0.5, 0.6) is 0 Å². The molecule has 0 aliphatic rings. The average molecular weight is 542 g/mol. The van der Waals surface area contributed by atoms with Crippen molar-refractivity contribution >= 4 is 60.6 Å². The Hall–Kier alpha value is -3.15. The van der Waals surface area contributed by atoms with Gasteiger partial charge in [0.15, 0.2) is 5.16 Å². The molecular formula is C25H27N5O3S3. The summed E-state index contributed by atoms with van der Waals surface area (Å²) in [5.41, 5.74) is 8.86. The Labute approximate surface area is 218 Å². The molecule has 2 aromatic heterocycles. The number of carbonyl (C=O) groups is 1. The number of carbonyl (C=O) groups excluding carboxylic acids is 1. The van der Waals surface area contributed by atoms with Gasteiger partial charge in [0, 0.05) is 16.8 Å². The van der Waals surface area contributed by atoms with Crippen LogP contribution in [0.1, 0.15) is 36.0 Å². The van der Waals surface area contributed by atoms with Crippen molar-refractivity contribution in [3.05, 3.63) is 59.0 Å². The molecule has 4 N–H and O–H groups in total. The maximum absolute atomic E-state index is 12.9. The minimum Gasteiger partial charge on any atom is -0.397 e. The molecule has 188 valence electrons. The summed E-state index contributed by atoms with van der Waals surface area (Å²) in [5, 5.41) is 4.03. The minimum atomic E-state index is -3.78. The Bertz CT molecular complexity index is 1560. The summed E-state index contributed by atoms with van der Waals surface area (Å²) in [4.78, 5) is 23.3. The molecule has 0 radical (unpaired) electrons. The fraction of sp³-hybridized carbons (Fsp3) is 0.240. The summed E-state index contributed by atoms with van der Waals surface area (Å²) in [6, 6.07) is 13.6. The van der Waals surface area contributed by atoms with E-state index in [1.165, 1.54) is 23.1 Å². The average Bonchev–Trinajstić information content (AvgIpc) is 3.14. The molecule has 0 aliphatic carbocycles. The molecule has 0 spiro atoms. The lowest BCUT2D eigenvalue weighted by Crippen LogP contribution is -2.40. The van der Waals surface area contributed by atoms with E-state index >= 15 is 0 Å². The van der Waals surface area contributed by atoms with Gasteiger partial charge in [0.2, 0.25) is 0 Å². The predicted octanol–water partition coefficient (Wildman–Crippen LogP) is 5.30. The van der Waals surface area contributed by atoms with Crippen molar-refractivity contribution in [3.63, 3.8) is 0 Å². The quantitative estimate of drug-likeness (QED) is 0.223. The lowest BCUT2D eigenvalue weighted by Gasteiger charge is -2.20. The topological polar surface area (TPSA) is 127 Å². The zero-order valence-corrected chi connectivity index (χ0v) is 23.0. The number of nitrogens with zero attached hydrogens (tertiary/aromatic N) is 2. The number of aryl methyl sites for hydroxylation is 1. The normalized spacial score (nSPS) is 12.0. The number of hydrogen-bond acceptors (Lipinski definition) is 8. The van der Waals surface area contributed by atoms with Gasteiger partial charge in [-0.05, 0) is 58.2 Å². The highest BCUT2D eigenvalue weighted by Crippen LogP contribution is 2.40. The number of anilines is 2. The van der Waals surface area contributed by atoms with E-state index in [-0.39, 0.29) is 10.8 Å². The molecule has 1 amide bonds. The van der Waals surface area contributed by atoms with Crippen molar-refractivity contribution in [1.29, 1.82) is 0 Å². The summed E-state index contributed by atoms with van der Waals surface area (Å²) in [6.07, 6.45) is 1.86. The molecular weight excluding hydrogens is 515 g/mol. The number of thiophene rings is 1. The van der Waals surface area contributed by atoms with Crippen LogP contribution < -0.4 is 15.8 Å². The summed E-state index contributed by atoms with van der Waals surface area (Å²) in [7, 11) is -3.78. The molecule has 2 aromatic carbocycles. The summed E-state index contributed by atoms with van der Waals surface area (Å²) < 4.78 is 28.5. The van der Waals surface area contributed by atoms with E-state index in [2.05, 4.69) is 20.0 Å². The second-order valence-corrected chi connectivity index (χ2v) is 12.7. The first-order valence-electron chi connectivity index (χ1n) is 11.0. The Balaban J connectivity index is 1.79. The van der Waals surface area contributed by atoms with Gasteiger partial charge in [0.05, 0.1) is 21.7 Å². The third-order valence-corrected chi connectivity index (χ3v) is 8.21. The Morgan fingerprint density at radius 3 is 2.42 bits per heavy atom. The highest BCUT2D eigenvalue weighted by molar-refractivity contribution is 7.98. The van der Waals surface area contributed by atoms with Gasteiger partial charge in [-0.15, -0.1) is 11.3 Å². The van der Waals surface area contributed by atoms with Crippen molar-refractivity contribution in [3.8, 4) is 11.3 Å². The van der Waals surface area contributed by atoms with Crippen LogP contribution >= 0.6 is 23.1 Å². The number of aromatic nitrogens is 2. The van der Waals surface area contributed by atoms with E-state index in [0.717, 1.165) is 5.56 Å². The van der Waals surface area contributed by atoms with Crippen LogP contribution in [0.25, 0.3) is 21.5 Å². The van der Waals surface area contributed by atoms with E-state index < -0.39 is 15.6 Å². The smallest absolute Gasteiger partial charge is 0.263 e. The summed E-state index contributed by atoms with van der Waals surface area (Å²) in [6.45, 7) is 7.59. The van der Waals surface area contributed by atoms with Crippen LogP contribution in [-0.2, 0) is 10.0 Å². The third kappa shape index (κ3) is 5.48. The number of hydrogen-bond donors (Lipinski definition) is 3. The van der Waals surface area contributed by atoms with E-state index in [0.29, 0.717) is 42.9 Å². The second kappa shape index (κ2) is 9.72. The van der Waals surface area contributed by atoms with Crippen molar-refractivity contribution in [2.75, 3.05) is 16.7 Å². The second-order valence-electron chi connectivity index (χ2n) is 9.29. The lowest BCUT2D eigenvalue weighted by atomic mass is 10.1. The molecule has 0 fully saturated rings. The number of benzene rings is 2. The van der Waals surface area contributed by atoms with Crippen LogP contribution in [0.4, 0.5) is 11.4 Å². The first-order valence-corrected chi connectivity index (χ1v) is 14.6. The molecule has 0 aliphatic heterocycles. The number of sulfonamides is 1. The standard InChI is InChI=1S/C25H27N5O3S3/c1-14-9-11-17(12-10-14)36(32,33)30-16-8-6-7-15(13-16)20-18-19(26)21(22(31)29-25(2,3)4)35-23(18)28-24(27-20)34-5/h6-13,30H,26H2,1-5H3,(H,29,31). The maximum Gasteiger partial charge on any atom is 0.263 e. The van der Waals surface area contributed by atoms with Crippen molar-refractivity contribution < 1.29 is 13.2 Å². The first-order chi connectivity index (χ1) is 16.9. The fourth-order valence-corrected chi connectivity index (χ4v) is 5.99. The maximum atomic E-state index is 12.9. The highest BCUT2D eigenvalue weighted by Gasteiger charge is 2.25. The number of nitrogens with one attached hydrogen (secondary N) is 2. The van der Waals surface area contributed by atoms with Crippen LogP contribution in [-0.4, -0.2) is 36.1 Å². The molecule has 0 bridgehead atoms. The first kappa shape index (κ1) is 25.9. The highest BCUT2D eigenvalue weighted by atomic mass is 32.2. The molecule has 8 nitrogen and oxygen atoms in total. The molecule has 4 rings (SSSR count). The number of fused-ring (bicyclic) bond motifs is 1. The number of thioether (sulfide) groups is 1. The molecule has 11 heteroatoms. The molecule has 0 atom stereocenters. The minimum absolute atomic E-state index is 0.171. The van der Waals surface area contributed by atoms with Crippen molar-refractivity contribution in [2.24, 2.45) is 0 Å². The molecule has 2 heterocycles. The molecule has 0 saturated heterocycles. The van der Waals surface area contributed by atoms with Gasteiger partial charge in [0.1, 0.15) is 9.71 Å². The number of rotatable bonds is 6. The largest absolute Gasteiger partial charge is 0.397 e. The molecule has 0 unspecified atom stereocenters. The number of nitrogens with two attached hydrogens (primary N) is 1. The zero-order chi connectivity index (χ0) is 26.3. The molecule has 36 heavy (non-hydrogen) atoms. The van der Waals surface area contributed by atoms with Gasteiger partial charge in [-0.3, -0.25) is 9.52 Å². The van der Waals surface area contributed by atoms with Gasteiger partial charge >= 0.3 is 0 Å². The SMILES string of the molecule is CSc1nc(-c2cccc(NS(=O)(=O)c3ccc(C)cc3)c2)c2c(N)c(C(=O)NC(C)(C)C)sc2n1. The van der Waals surface area contributed by atoms with E-state index in [9.17, 15) is 13.2 Å². The summed E-state index contributed by atoms with van der Waals surface area (Å²) >= 11 is 2.58. The third-order valence-electron chi connectivity index (χ3n) is 5.16. The monoisotopic (exact) mass is 541 g/mol. The zero-order valence-electron chi connectivity index (χ0n) is 20.5. The van der Waals surface area contributed by atoms with Crippen LogP contribution in [0.15, 0.2) is 58.6 Å². The van der Waals surface area contributed by atoms with Crippen LogP contribution in [0, 0.1) is 6.92 Å². The van der Waals surface area contributed by atoms with Gasteiger partial charge < -0.3 is 11.1 Å².